The molecule has 0 radical (unpaired) electrons. The van der Waals surface area contributed by atoms with E-state index in [2.05, 4.69) is 25.7 Å². The molecule has 2 heteroatoms. The van der Waals surface area contributed by atoms with E-state index < -0.39 is 0 Å². The molecule has 1 atom stereocenters. The van der Waals surface area contributed by atoms with Crippen LogP contribution in [0, 0.1) is 0 Å². The SMILES string of the molecule is CCCCCCCCCCCCCCCCCCCCCCN(CCCCCCCCCCCCCCCCCCCC)C(C)CN. The van der Waals surface area contributed by atoms with Crippen molar-refractivity contribution >= 4 is 0 Å². The van der Waals surface area contributed by atoms with Gasteiger partial charge in [-0.1, -0.05) is 245 Å². The van der Waals surface area contributed by atoms with Crippen LogP contribution in [0.15, 0.2) is 0 Å². The van der Waals surface area contributed by atoms with Crippen molar-refractivity contribution < 1.29 is 0 Å². The third kappa shape index (κ3) is 38.6. The largest absolute Gasteiger partial charge is 0.329 e. The Hall–Kier alpha value is -0.0800. The Kier molecular flexibility index (Phi) is 42.0. The summed E-state index contributed by atoms with van der Waals surface area (Å²) in [5.41, 5.74) is 6.08. The van der Waals surface area contributed by atoms with E-state index in [1.54, 1.807) is 0 Å². The quantitative estimate of drug-likeness (QED) is 0.0659. The lowest BCUT2D eigenvalue weighted by atomic mass is 10.0. The third-order valence-corrected chi connectivity index (χ3v) is 11.1. The van der Waals surface area contributed by atoms with Gasteiger partial charge in [0.2, 0.25) is 0 Å². The highest BCUT2D eigenvalue weighted by Crippen LogP contribution is 2.17. The zero-order valence-electron chi connectivity index (χ0n) is 33.6. The van der Waals surface area contributed by atoms with Crippen molar-refractivity contribution in [2.45, 2.75) is 271 Å². The summed E-state index contributed by atoms with van der Waals surface area (Å²) >= 11 is 0. The predicted molar refractivity (Wildman–Crippen MR) is 217 cm³/mol. The monoisotopic (exact) mass is 663 g/mol. The molecule has 0 aliphatic rings. The first-order valence-corrected chi connectivity index (χ1v) is 22.7. The van der Waals surface area contributed by atoms with Crippen LogP contribution in [0.1, 0.15) is 265 Å². The molecule has 0 amide bonds. The summed E-state index contributed by atoms with van der Waals surface area (Å²) in [4.78, 5) is 2.70. The molecule has 0 aliphatic heterocycles. The van der Waals surface area contributed by atoms with E-state index in [-0.39, 0.29) is 0 Å². The first-order valence-electron chi connectivity index (χ1n) is 22.7. The van der Waals surface area contributed by atoms with Gasteiger partial charge in [0, 0.05) is 12.6 Å². The molecule has 0 aromatic rings. The summed E-state index contributed by atoms with van der Waals surface area (Å²) in [6, 6.07) is 0.543. The second kappa shape index (κ2) is 42.1. The lowest BCUT2D eigenvalue weighted by Gasteiger charge is -2.28. The molecule has 0 saturated carbocycles. The standard InChI is InChI=1S/C45H94N2/c1-4-6-8-10-12-14-16-18-20-22-24-25-27-29-31-33-35-37-39-41-43-47(45(3)44-46)42-40-38-36-34-32-30-28-26-23-21-19-17-15-13-11-9-7-5-2/h45H,4-44,46H2,1-3H3. The van der Waals surface area contributed by atoms with Gasteiger partial charge in [0.1, 0.15) is 0 Å². The average Bonchev–Trinajstić information content (AvgIpc) is 3.09. The summed E-state index contributed by atoms with van der Waals surface area (Å²) < 4.78 is 0. The van der Waals surface area contributed by atoms with Crippen LogP contribution in [0.25, 0.3) is 0 Å². The molecule has 47 heavy (non-hydrogen) atoms. The molecule has 0 fully saturated rings. The number of rotatable bonds is 42. The van der Waals surface area contributed by atoms with Gasteiger partial charge >= 0.3 is 0 Å². The van der Waals surface area contributed by atoms with Crippen molar-refractivity contribution in [3.63, 3.8) is 0 Å². The van der Waals surface area contributed by atoms with Crippen molar-refractivity contribution in [1.29, 1.82) is 0 Å². The maximum absolute atomic E-state index is 6.08. The minimum absolute atomic E-state index is 0.543. The van der Waals surface area contributed by atoms with Crippen LogP contribution in [0.2, 0.25) is 0 Å². The highest BCUT2D eigenvalue weighted by molar-refractivity contribution is 4.68. The second-order valence-corrected chi connectivity index (χ2v) is 15.8. The summed E-state index contributed by atoms with van der Waals surface area (Å²) in [5, 5.41) is 0. The van der Waals surface area contributed by atoms with Crippen molar-refractivity contribution in [1.82, 2.24) is 4.90 Å². The van der Waals surface area contributed by atoms with E-state index in [9.17, 15) is 0 Å². The molecule has 0 saturated heterocycles. The Labute approximate surface area is 300 Å². The first kappa shape index (κ1) is 46.9. The fourth-order valence-corrected chi connectivity index (χ4v) is 7.49. The zero-order chi connectivity index (χ0) is 34.1. The number of unbranched alkanes of at least 4 members (excludes halogenated alkanes) is 36. The smallest absolute Gasteiger partial charge is 0.0190 e. The van der Waals surface area contributed by atoms with Crippen molar-refractivity contribution in [2.24, 2.45) is 5.73 Å². The highest BCUT2D eigenvalue weighted by Gasteiger charge is 2.11. The van der Waals surface area contributed by atoms with Gasteiger partial charge in [-0.25, -0.2) is 0 Å². The number of nitrogens with zero attached hydrogens (tertiary/aromatic N) is 1. The minimum Gasteiger partial charge on any atom is -0.329 e. The van der Waals surface area contributed by atoms with E-state index in [1.807, 2.05) is 0 Å². The van der Waals surface area contributed by atoms with Crippen molar-refractivity contribution in [3.8, 4) is 0 Å². The number of nitrogens with two attached hydrogens (primary N) is 1. The van der Waals surface area contributed by atoms with E-state index in [0.717, 1.165) is 6.54 Å². The van der Waals surface area contributed by atoms with Crippen LogP contribution in [0.4, 0.5) is 0 Å². The van der Waals surface area contributed by atoms with Gasteiger partial charge in [-0.15, -0.1) is 0 Å². The van der Waals surface area contributed by atoms with Crippen LogP contribution in [0.3, 0.4) is 0 Å². The van der Waals surface area contributed by atoms with Gasteiger partial charge in [0.15, 0.2) is 0 Å². The molecule has 284 valence electrons. The van der Waals surface area contributed by atoms with Gasteiger partial charge in [-0.3, -0.25) is 4.90 Å². The van der Waals surface area contributed by atoms with Gasteiger partial charge in [0.25, 0.3) is 0 Å². The number of hydrogen-bond acceptors (Lipinski definition) is 2. The maximum atomic E-state index is 6.08. The Morgan fingerprint density at radius 2 is 0.468 bits per heavy atom. The molecule has 1 unspecified atom stereocenters. The molecule has 0 spiro atoms. The van der Waals surface area contributed by atoms with E-state index >= 15 is 0 Å². The summed E-state index contributed by atoms with van der Waals surface area (Å²) in [6.45, 7) is 10.3. The maximum Gasteiger partial charge on any atom is 0.0190 e. The molecule has 0 aliphatic carbocycles. The topological polar surface area (TPSA) is 29.3 Å². The van der Waals surface area contributed by atoms with E-state index in [0.29, 0.717) is 6.04 Å². The van der Waals surface area contributed by atoms with Gasteiger partial charge in [0.05, 0.1) is 0 Å². The zero-order valence-corrected chi connectivity index (χ0v) is 33.6. The molecule has 0 rings (SSSR count). The normalized spacial score (nSPS) is 12.4. The predicted octanol–water partition coefficient (Wildman–Crippen LogP) is 15.5. The molecule has 2 nitrogen and oxygen atoms in total. The van der Waals surface area contributed by atoms with E-state index in [1.165, 1.54) is 257 Å². The lowest BCUT2D eigenvalue weighted by molar-refractivity contribution is 0.203. The number of hydrogen-bond donors (Lipinski definition) is 1. The Morgan fingerprint density at radius 3 is 0.638 bits per heavy atom. The second-order valence-electron chi connectivity index (χ2n) is 15.8. The minimum atomic E-state index is 0.543. The summed E-state index contributed by atoms with van der Waals surface area (Å²) in [6.07, 6.45) is 55.2. The van der Waals surface area contributed by atoms with Gasteiger partial charge < -0.3 is 5.73 Å². The molecule has 0 aromatic heterocycles. The Balaban J connectivity index is 3.43. The molecule has 0 heterocycles. The molecular formula is C45H94N2. The van der Waals surface area contributed by atoms with Crippen LogP contribution < -0.4 is 5.73 Å². The molecular weight excluding hydrogens is 569 g/mol. The van der Waals surface area contributed by atoms with Crippen LogP contribution in [-0.2, 0) is 0 Å². The molecule has 2 N–H and O–H groups in total. The first-order chi connectivity index (χ1) is 23.3. The van der Waals surface area contributed by atoms with Gasteiger partial charge in [-0.2, -0.15) is 0 Å². The van der Waals surface area contributed by atoms with Crippen molar-refractivity contribution in [2.75, 3.05) is 19.6 Å². The molecule has 0 bridgehead atoms. The van der Waals surface area contributed by atoms with Crippen LogP contribution in [0.5, 0.6) is 0 Å². The lowest BCUT2D eigenvalue weighted by Crippen LogP contribution is -2.39. The molecule has 0 aromatic carbocycles. The van der Waals surface area contributed by atoms with E-state index in [4.69, 9.17) is 5.73 Å². The average molecular weight is 663 g/mol. The van der Waals surface area contributed by atoms with Crippen LogP contribution >= 0.6 is 0 Å². The Morgan fingerprint density at radius 1 is 0.298 bits per heavy atom. The van der Waals surface area contributed by atoms with Crippen molar-refractivity contribution in [3.05, 3.63) is 0 Å². The third-order valence-electron chi connectivity index (χ3n) is 11.1. The fourth-order valence-electron chi connectivity index (χ4n) is 7.49. The van der Waals surface area contributed by atoms with Crippen LogP contribution in [-0.4, -0.2) is 30.6 Å². The fraction of sp³-hybridized carbons (Fsp3) is 1.00. The highest BCUT2D eigenvalue weighted by atomic mass is 15.2. The summed E-state index contributed by atoms with van der Waals surface area (Å²) in [7, 11) is 0. The summed E-state index contributed by atoms with van der Waals surface area (Å²) in [5.74, 6) is 0. The van der Waals surface area contributed by atoms with Gasteiger partial charge in [-0.05, 0) is 32.9 Å². The Bertz CT molecular complexity index is 534.